The quantitative estimate of drug-likeness (QED) is 0.771. The number of nitrogens with one attached hydrogen (secondary N) is 1. The van der Waals surface area contributed by atoms with Crippen LogP contribution in [0.5, 0.6) is 5.75 Å². The smallest absolute Gasteiger partial charge is 0.338 e. The van der Waals surface area contributed by atoms with E-state index in [2.05, 4.69) is 11.4 Å². The third kappa shape index (κ3) is 4.03. The molecule has 1 aliphatic heterocycles. The van der Waals surface area contributed by atoms with E-state index in [0.717, 1.165) is 40.8 Å². The fraction of sp³-hybridized carbons (Fsp3) is 0.391. The van der Waals surface area contributed by atoms with Crippen molar-refractivity contribution in [2.45, 2.75) is 39.7 Å². The molecule has 3 rings (SSSR count). The second kappa shape index (κ2) is 8.46. The molecule has 0 fully saturated rings. The minimum atomic E-state index is -0.374. The van der Waals surface area contributed by atoms with Crippen molar-refractivity contribution in [2.75, 3.05) is 13.7 Å². The van der Waals surface area contributed by atoms with E-state index in [1.165, 1.54) is 7.11 Å². The molecule has 0 aliphatic carbocycles. The molecule has 0 saturated heterocycles. The highest BCUT2D eigenvalue weighted by Crippen LogP contribution is 2.41. The topological polar surface area (TPSA) is 64.6 Å². The Morgan fingerprint density at radius 1 is 1.25 bits per heavy atom. The predicted molar refractivity (Wildman–Crippen MR) is 109 cm³/mol. The number of rotatable bonds is 6. The highest BCUT2D eigenvalue weighted by molar-refractivity contribution is 5.98. The first-order chi connectivity index (χ1) is 13.4. The zero-order valence-electron chi connectivity index (χ0n) is 16.9. The summed E-state index contributed by atoms with van der Waals surface area (Å²) in [6.45, 7) is 6.42. The summed E-state index contributed by atoms with van der Waals surface area (Å²) in [5.41, 5.74) is 4.37. The van der Waals surface area contributed by atoms with Crippen molar-refractivity contribution in [3.63, 3.8) is 0 Å². The molecule has 2 atom stereocenters. The first kappa shape index (κ1) is 19.9. The van der Waals surface area contributed by atoms with Gasteiger partial charge in [0.05, 0.1) is 19.2 Å². The van der Waals surface area contributed by atoms with Gasteiger partial charge in [-0.25, -0.2) is 4.79 Å². The number of ether oxygens (including phenoxy) is 2. The normalized spacial score (nSPS) is 16.1. The van der Waals surface area contributed by atoms with E-state index in [4.69, 9.17) is 9.47 Å². The highest BCUT2D eigenvalue weighted by atomic mass is 16.5. The van der Waals surface area contributed by atoms with Gasteiger partial charge in [-0.15, -0.1) is 0 Å². The van der Waals surface area contributed by atoms with E-state index >= 15 is 0 Å². The van der Waals surface area contributed by atoms with Gasteiger partial charge in [-0.05, 0) is 42.2 Å². The van der Waals surface area contributed by atoms with Gasteiger partial charge in [-0.1, -0.05) is 38.1 Å². The summed E-state index contributed by atoms with van der Waals surface area (Å²) in [6, 6.07) is 11.5. The number of benzene rings is 2. The molecular weight excluding hydrogens is 354 g/mol. The lowest BCUT2D eigenvalue weighted by molar-refractivity contribution is -0.124. The second-order valence-electron chi connectivity index (χ2n) is 7.34. The molecule has 0 aromatic heterocycles. The lowest BCUT2D eigenvalue weighted by Crippen LogP contribution is -2.37. The van der Waals surface area contributed by atoms with Crippen LogP contribution in [0.2, 0.25) is 0 Å². The van der Waals surface area contributed by atoms with Gasteiger partial charge in [0, 0.05) is 17.9 Å². The van der Waals surface area contributed by atoms with Crippen LogP contribution < -0.4 is 10.1 Å². The Balaban J connectivity index is 1.88. The van der Waals surface area contributed by atoms with Gasteiger partial charge in [0.25, 0.3) is 0 Å². The maximum Gasteiger partial charge on any atom is 0.338 e. The molecule has 2 aromatic carbocycles. The van der Waals surface area contributed by atoms with Crippen LogP contribution in [0.4, 0.5) is 0 Å². The number of amides is 1. The lowest BCUT2D eigenvalue weighted by Gasteiger charge is -2.16. The number of fused-ring (bicyclic) bond motifs is 1. The van der Waals surface area contributed by atoms with Crippen molar-refractivity contribution in [3.05, 3.63) is 53.1 Å². The molecule has 2 aromatic rings. The molecule has 0 bridgehead atoms. The van der Waals surface area contributed by atoms with Crippen LogP contribution in [0.15, 0.2) is 36.4 Å². The fourth-order valence-electron chi connectivity index (χ4n) is 3.49. The van der Waals surface area contributed by atoms with Crippen molar-refractivity contribution in [2.24, 2.45) is 5.92 Å². The zero-order chi connectivity index (χ0) is 20.3. The fourth-order valence-corrected chi connectivity index (χ4v) is 3.49. The number of hydrogen-bond donors (Lipinski definition) is 1. The molecule has 1 amide bonds. The predicted octanol–water partition coefficient (Wildman–Crippen LogP) is 3.91. The Morgan fingerprint density at radius 3 is 2.71 bits per heavy atom. The second-order valence-corrected chi connectivity index (χ2v) is 7.34. The Labute approximate surface area is 166 Å². The monoisotopic (exact) mass is 381 g/mol. The average Bonchev–Trinajstić information content (AvgIpc) is 3.12. The van der Waals surface area contributed by atoms with Crippen molar-refractivity contribution >= 4 is 11.9 Å². The molecule has 1 aliphatic rings. The van der Waals surface area contributed by atoms with E-state index in [1.54, 1.807) is 6.07 Å². The maximum absolute atomic E-state index is 12.2. The van der Waals surface area contributed by atoms with Gasteiger partial charge in [-0.2, -0.15) is 0 Å². The Hall–Kier alpha value is -2.82. The molecule has 1 heterocycles. The van der Waals surface area contributed by atoms with Crippen molar-refractivity contribution in [3.8, 4) is 16.9 Å². The first-order valence-corrected chi connectivity index (χ1v) is 9.70. The van der Waals surface area contributed by atoms with Gasteiger partial charge in [-0.3, -0.25) is 4.79 Å². The Bertz CT molecular complexity index is 890. The summed E-state index contributed by atoms with van der Waals surface area (Å²) in [6.07, 6.45) is 1.42. The van der Waals surface area contributed by atoms with E-state index in [1.807, 2.05) is 45.0 Å². The van der Waals surface area contributed by atoms with Gasteiger partial charge in [0.1, 0.15) is 11.9 Å². The molecule has 28 heavy (non-hydrogen) atoms. The standard InChI is InChI=1S/C23H27NO4/c1-5-15(3)22(25)24-13-17-12-16-10-14(2)11-20(21(16)28-17)18-8-6-7-9-19(18)23(26)27-4/h6-11,15,17H,5,12-13H2,1-4H3,(H,24,25)/t15-,17+/m0/s1. The number of esters is 1. The van der Waals surface area contributed by atoms with Gasteiger partial charge in [0.2, 0.25) is 5.91 Å². The zero-order valence-corrected chi connectivity index (χ0v) is 16.9. The Kier molecular flexibility index (Phi) is 6.02. The van der Waals surface area contributed by atoms with Gasteiger partial charge in [0.15, 0.2) is 0 Å². The number of carbonyl (C=O) groups excluding carboxylic acids is 2. The van der Waals surface area contributed by atoms with E-state index < -0.39 is 0 Å². The van der Waals surface area contributed by atoms with E-state index in [-0.39, 0.29) is 23.9 Å². The van der Waals surface area contributed by atoms with Crippen LogP contribution >= 0.6 is 0 Å². The van der Waals surface area contributed by atoms with Crippen molar-refractivity contribution < 1.29 is 19.1 Å². The molecular formula is C23H27NO4. The summed E-state index contributed by atoms with van der Waals surface area (Å²) < 4.78 is 11.2. The third-order valence-corrected chi connectivity index (χ3v) is 5.23. The molecule has 5 heteroatoms. The molecule has 0 radical (unpaired) electrons. The largest absolute Gasteiger partial charge is 0.487 e. The third-order valence-electron chi connectivity index (χ3n) is 5.23. The van der Waals surface area contributed by atoms with Crippen LogP contribution in [0.25, 0.3) is 11.1 Å². The average molecular weight is 381 g/mol. The van der Waals surface area contributed by atoms with Crippen LogP contribution in [0.3, 0.4) is 0 Å². The van der Waals surface area contributed by atoms with Crippen molar-refractivity contribution in [1.29, 1.82) is 0 Å². The van der Waals surface area contributed by atoms with E-state index in [0.29, 0.717) is 12.1 Å². The summed E-state index contributed by atoms with van der Waals surface area (Å²) in [4.78, 5) is 24.3. The number of methoxy groups -OCH3 is 1. The molecule has 0 saturated carbocycles. The molecule has 5 nitrogen and oxygen atoms in total. The van der Waals surface area contributed by atoms with Crippen molar-refractivity contribution in [1.82, 2.24) is 5.32 Å². The molecule has 0 unspecified atom stereocenters. The minimum Gasteiger partial charge on any atom is -0.487 e. The SMILES string of the molecule is CC[C@H](C)C(=O)NC[C@H]1Cc2cc(C)cc(-c3ccccc3C(=O)OC)c2O1. The number of carbonyl (C=O) groups is 2. The van der Waals surface area contributed by atoms with Crippen LogP contribution in [-0.4, -0.2) is 31.6 Å². The van der Waals surface area contributed by atoms with Crippen LogP contribution in [0, 0.1) is 12.8 Å². The summed E-state index contributed by atoms with van der Waals surface area (Å²) in [7, 11) is 1.38. The Morgan fingerprint density at radius 2 is 2.00 bits per heavy atom. The van der Waals surface area contributed by atoms with Crippen LogP contribution in [-0.2, 0) is 16.0 Å². The van der Waals surface area contributed by atoms with E-state index in [9.17, 15) is 9.59 Å². The maximum atomic E-state index is 12.2. The van der Waals surface area contributed by atoms with Gasteiger partial charge >= 0.3 is 5.97 Å². The molecule has 0 spiro atoms. The molecule has 1 N–H and O–H groups in total. The lowest BCUT2D eigenvalue weighted by atomic mass is 9.94. The minimum absolute atomic E-state index is 0.00600. The summed E-state index contributed by atoms with van der Waals surface area (Å²) in [5, 5.41) is 2.98. The summed E-state index contributed by atoms with van der Waals surface area (Å²) >= 11 is 0. The molecule has 148 valence electrons. The van der Waals surface area contributed by atoms with Gasteiger partial charge < -0.3 is 14.8 Å². The number of aryl methyl sites for hydroxylation is 1. The summed E-state index contributed by atoms with van der Waals surface area (Å²) in [5.74, 6) is 0.453. The first-order valence-electron chi connectivity index (χ1n) is 9.70. The number of hydrogen-bond acceptors (Lipinski definition) is 4. The van der Waals surface area contributed by atoms with Crippen LogP contribution in [0.1, 0.15) is 41.8 Å². The highest BCUT2D eigenvalue weighted by Gasteiger charge is 2.28.